The van der Waals surface area contributed by atoms with Gasteiger partial charge in [0, 0.05) is 12.1 Å². The lowest BCUT2D eigenvalue weighted by molar-refractivity contribution is 0.195. The zero-order chi connectivity index (χ0) is 14.7. The molecule has 1 heterocycles. The van der Waals surface area contributed by atoms with Crippen LogP contribution in [-0.2, 0) is 6.54 Å². The van der Waals surface area contributed by atoms with Gasteiger partial charge in [-0.1, -0.05) is 6.92 Å². The lowest BCUT2D eigenvalue weighted by atomic mass is 10.1. The Kier molecular flexibility index (Phi) is 4.39. The number of aromatic nitrogens is 2. The number of aliphatic hydroxyl groups excluding tert-OH is 1. The Morgan fingerprint density at radius 1 is 1.45 bits per heavy atom. The lowest BCUT2D eigenvalue weighted by Gasteiger charge is -2.13. The highest BCUT2D eigenvalue weighted by Gasteiger charge is 2.14. The van der Waals surface area contributed by atoms with Gasteiger partial charge in [0.2, 0.25) is 0 Å². The minimum absolute atomic E-state index is 0.352. The molecule has 0 unspecified atom stereocenters. The summed E-state index contributed by atoms with van der Waals surface area (Å²) in [6.07, 6.45) is 3.58. The van der Waals surface area contributed by atoms with Crippen LogP contribution in [0, 0.1) is 12.7 Å². The van der Waals surface area contributed by atoms with E-state index in [1.54, 1.807) is 37.0 Å². The lowest BCUT2D eigenvalue weighted by Crippen LogP contribution is -1.99. The fraction of sp³-hybridized carbons (Fsp3) is 0.400. The Hall–Kier alpha value is -1.88. The number of hydrogen-bond donors (Lipinski definition) is 1. The van der Waals surface area contributed by atoms with Crippen LogP contribution in [0.15, 0.2) is 24.5 Å². The van der Waals surface area contributed by atoms with Crippen LogP contribution in [0.1, 0.15) is 37.5 Å². The Morgan fingerprint density at radius 3 is 2.85 bits per heavy atom. The molecule has 0 spiro atoms. The highest BCUT2D eigenvalue weighted by Crippen LogP contribution is 2.31. The number of aryl methyl sites for hydroxylation is 2. The molecule has 1 atom stereocenters. The van der Waals surface area contributed by atoms with E-state index in [4.69, 9.17) is 4.74 Å². The maximum absolute atomic E-state index is 13.6. The summed E-state index contributed by atoms with van der Waals surface area (Å²) in [6, 6.07) is 2.90. The predicted molar refractivity (Wildman–Crippen MR) is 74.4 cm³/mol. The van der Waals surface area contributed by atoms with Crippen molar-refractivity contribution in [1.82, 2.24) is 9.78 Å². The van der Waals surface area contributed by atoms with E-state index in [-0.39, 0.29) is 5.82 Å². The van der Waals surface area contributed by atoms with E-state index in [0.29, 0.717) is 22.6 Å². The topological polar surface area (TPSA) is 47.3 Å². The number of hydrogen-bond acceptors (Lipinski definition) is 3. The molecule has 0 fully saturated rings. The standard InChI is InChI=1S/C15H19FN2O2/c1-4-5-18-9-12(8-17-18)20-15-6-10(2)14(16)7-13(15)11(3)19/h6-9,11,19H,4-5H2,1-3H3/t11-/m1/s1. The fourth-order valence-electron chi connectivity index (χ4n) is 1.96. The second-order valence-electron chi connectivity index (χ2n) is 4.86. The molecule has 4 nitrogen and oxygen atoms in total. The molecule has 2 rings (SSSR count). The first-order valence-corrected chi connectivity index (χ1v) is 6.69. The third kappa shape index (κ3) is 3.17. The van der Waals surface area contributed by atoms with Gasteiger partial charge in [0.15, 0.2) is 5.75 Å². The maximum atomic E-state index is 13.6. The third-order valence-electron chi connectivity index (χ3n) is 3.03. The predicted octanol–water partition coefficient (Wildman–Crippen LogP) is 3.59. The van der Waals surface area contributed by atoms with Crippen molar-refractivity contribution in [3.63, 3.8) is 0 Å². The molecule has 1 aromatic carbocycles. The van der Waals surface area contributed by atoms with Crippen LogP contribution in [0.4, 0.5) is 4.39 Å². The molecule has 0 amide bonds. The maximum Gasteiger partial charge on any atom is 0.165 e. The Bertz CT molecular complexity index is 594. The molecule has 108 valence electrons. The summed E-state index contributed by atoms with van der Waals surface area (Å²) in [5.74, 6) is 0.677. The number of halogens is 1. The molecule has 20 heavy (non-hydrogen) atoms. The Morgan fingerprint density at radius 2 is 2.20 bits per heavy atom. The minimum Gasteiger partial charge on any atom is -0.454 e. The van der Waals surface area contributed by atoms with Gasteiger partial charge in [-0.25, -0.2) is 4.39 Å². The van der Waals surface area contributed by atoms with E-state index in [1.807, 2.05) is 0 Å². The number of nitrogens with zero attached hydrogens (tertiary/aromatic N) is 2. The van der Waals surface area contributed by atoms with Crippen LogP contribution in [-0.4, -0.2) is 14.9 Å². The van der Waals surface area contributed by atoms with E-state index in [1.165, 1.54) is 6.07 Å². The highest BCUT2D eigenvalue weighted by atomic mass is 19.1. The molecule has 0 aliphatic carbocycles. The van der Waals surface area contributed by atoms with E-state index >= 15 is 0 Å². The number of benzene rings is 1. The van der Waals surface area contributed by atoms with Crippen molar-refractivity contribution in [2.75, 3.05) is 0 Å². The summed E-state index contributed by atoms with van der Waals surface area (Å²) in [6.45, 7) is 6.12. The SMILES string of the molecule is CCCn1cc(Oc2cc(C)c(F)cc2[C@@H](C)O)cn1. The van der Waals surface area contributed by atoms with Gasteiger partial charge in [-0.3, -0.25) is 4.68 Å². The van der Waals surface area contributed by atoms with Gasteiger partial charge in [-0.05, 0) is 38.0 Å². The molecule has 5 heteroatoms. The first kappa shape index (κ1) is 14.5. The van der Waals surface area contributed by atoms with Crippen LogP contribution in [0.2, 0.25) is 0 Å². The largest absolute Gasteiger partial charge is 0.454 e. The zero-order valence-corrected chi connectivity index (χ0v) is 11.9. The number of rotatable bonds is 5. The molecule has 0 saturated heterocycles. The average molecular weight is 278 g/mol. The van der Waals surface area contributed by atoms with Crippen molar-refractivity contribution in [2.24, 2.45) is 0 Å². The molecule has 0 saturated carbocycles. The van der Waals surface area contributed by atoms with Gasteiger partial charge < -0.3 is 9.84 Å². The zero-order valence-electron chi connectivity index (χ0n) is 11.9. The van der Waals surface area contributed by atoms with Gasteiger partial charge in [-0.2, -0.15) is 5.10 Å². The Labute approximate surface area is 117 Å². The molecular formula is C15H19FN2O2. The quantitative estimate of drug-likeness (QED) is 0.909. The van der Waals surface area contributed by atoms with Crippen LogP contribution in [0.5, 0.6) is 11.5 Å². The van der Waals surface area contributed by atoms with Crippen molar-refractivity contribution >= 4 is 0 Å². The van der Waals surface area contributed by atoms with E-state index in [2.05, 4.69) is 12.0 Å². The van der Waals surface area contributed by atoms with Crippen molar-refractivity contribution in [2.45, 2.75) is 39.8 Å². The molecule has 1 N–H and O–H groups in total. The second-order valence-corrected chi connectivity index (χ2v) is 4.86. The van der Waals surface area contributed by atoms with Crippen molar-refractivity contribution in [3.8, 4) is 11.5 Å². The van der Waals surface area contributed by atoms with E-state index < -0.39 is 6.10 Å². The minimum atomic E-state index is -0.800. The first-order chi connectivity index (χ1) is 9.51. The van der Waals surface area contributed by atoms with Gasteiger partial charge >= 0.3 is 0 Å². The fourth-order valence-corrected chi connectivity index (χ4v) is 1.96. The van der Waals surface area contributed by atoms with Crippen LogP contribution in [0.25, 0.3) is 0 Å². The summed E-state index contributed by atoms with van der Waals surface area (Å²) in [4.78, 5) is 0. The van der Waals surface area contributed by atoms with Crippen LogP contribution >= 0.6 is 0 Å². The highest BCUT2D eigenvalue weighted by molar-refractivity contribution is 5.41. The summed E-state index contributed by atoms with van der Waals surface area (Å²) in [7, 11) is 0. The Balaban J connectivity index is 2.29. The van der Waals surface area contributed by atoms with Crippen molar-refractivity contribution in [3.05, 3.63) is 41.5 Å². The summed E-state index contributed by atoms with van der Waals surface area (Å²) in [5.41, 5.74) is 0.904. The van der Waals surface area contributed by atoms with Gasteiger partial charge in [0.1, 0.15) is 11.6 Å². The normalized spacial score (nSPS) is 12.4. The first-order valence-electron chi connectivity index (χ1n) is 6.69. The molecule has 0 aliphatic heterocycles. The molecular weight excluding hydrogens is 259 g/mol. The molecule has 0 bridgehead atoms. The summed E-state index contributed by atoms with van der Waals surface area (Å²) < 4.78 is 21.1. The van der Waals surface area contributed by atoms with Crippen molar-refractivity contribution in [1.29, 1.82) is 0 Å². The van der Waals surface area contributed by atoms with Gasteiger partial charge in [0.05, 0.1) is 18.5 Å². The van der Waals surface area contributed by atoms with Crippen LogP contribution < -0.4 is 4.74 Å². The molecule has 2 aromatic rings. The van der Waals surface area contributed by atoms with Crippen molar-refractivity contribution < 1.29 is 14.2 Å². The van der Waals surface area contributed by atoms with E-state index in [0.717, 1.165) is 13.0 Å². The molecule has 0 radical (unpaired) electrons. The van der Waals surface area contributed by atoms with E-state index in [9.17, 15) is 9.50 Å². The third-order valence-corrected chi connectivity index (χ3v) is 3.03. The van der Waals surface area contributed by atoms with Gasteiger partial charge in [0.25, 0.3) is 0 Å². The average Bonchev–Trinajstić information content (AvgIpc) is 2.81. The molecule has 0 aliphatic rings. The summed E-state index contributed by atoms with van der Waals surface area (Å²) >= 11 is 0. The smallest absolute Gasteiger partial charge is 0.165 e. The van der Waals surface area contributed by atoms with Gasteiger partial charge in [-0.15, -0.1) is 0 Å². The number of aliphatic hydroxyl groups is 1. The molecule has 1 aromatic heterocycles. The monoisotopic (exact) mass is 278 g/mol. The number of ether oxygens (including phenoxy) is 1. The van der Waals surface area contributed by atoms with Crippen LogP contribution in [0.3, 0.4) is 0 Å². The second kappa shape index (κ2) is 6.05. The summed E-state index contributed by atoms with van der Waals surface area (Å²) in [5, 5.41) is 13.9.